The molecule has 1 N–H and O–H groups in total. The number of benzene rings is 2. The highest BCUT2D eigenvalue weighted by atomic mass is 35.5. The molecule has 7 heteroatoms. The van der Waals surface area contributed by atoms with Gasteiger partial charge in [-0.1, -0.05) is 17.7 Å². The van der Waals surface area contributed by atoms with Crippen LogP contribution >= 0.6 is 11.6 Å². The van der Waals surface area contributed by atoms with E-state index in [0.29, 0.717) is 22.2 Å². The van der Waals surface area contributed by atoms with E-state index in [1.54, 1.807) is 63.9 Å². The van der Waals surface area contributed by atoms with Crippen molar-refractivity contribution in [2.24, 2.45) is 5.10 Å². The van der Waals surface area contributed by atoms with Gasteiger partial charge < -0.3 is 14.8 Å². The fraction of sp³-hybridized carbons (Fsp3) is 0.176. The van der Waals surface area contributed by atoms with Crippen molar-refractivity contribution in [3.8, 4) is 11.5 Å². The zero-order chi connectivity index (χ0) is 17.5. The summed E-state index contributed by atoms with van der Waals surface area (Å²) in [6.07, 6.45) is 1.56. The number of hydrogen-bond acceptors (Lipinski definition) is 4. The van der Waals surface area contributed by atoms with E-state index in [2.05, 4.69) is 10.4 Å². The third kappa shape index (κ3) is 4.63. The van der Waals surface area contributed by atoms with Gasteiger partial charge in [-0.15, -0.1) is 0 Å². The van der Waals surface area contributed by atoms with Crippen molar-refractivity contribution in [2.45, 2.75) is 0 Å². The average molecular weight is 348 g/mol. The first-order valence-electron chi connectivity index (χ1n) is 7.09. The molecule has 126 valence electrons. The molecular weight excluding hydrogens is 330 g/mol. The number of hydrazone groups is 1. The predicted molar refractivity (Wildman–Crippen MR) is 95.4 cm³/mol. The molecule has 6 nitrogen and oxygen atoms in total. The van der Waals surface area contributed by atoms with Gasteiger partial charge in [0.2, 0.25) is 0 Å². The second kappa shape index (κ2) is 8.21. The number of nitrogens with one attached hydrogen (secondary N) is 1. The number of anilines is 1. The number of amides is 2. The van der Waals surface area contributed by atoms with Crippen LogP contribution in [0.1, 0.15) is 5.56 Å². The van der Waals surface area contributed by atoms with E-state index in [4.69, 9.17) is 21.1 Å². The molecule has 0 fully saturated rings. The van der Waals surface area contributed by atoms with Crippen molar-refractivity contribution >= 4 is 29.5 Å². The Morgan fingerprint density at radius 3 is 2.58 bits per heavy atom. The fourth-order valence-corrected chi connectivity index (χ4v) is 2.10. The molecule has 0 bridgehead atoms. The Balaban J connectivity index is 2.04. The second-order valence-electron chi connectivity index (χ2n) is 4.82. The Morgan fingerprint density at radius 1 is 1.17 bits per heavy atom. The molecule has 2 amide bonds. The molecule has 0 saturated heterocycles. The first kappa shape index (κ1) is 17.6. The summed E-state index contributed by atoms with van der Waals surface area (Å²) in [6, 6.07) is 11.9. The lowest BCUT2D eigenvalue weighted by Gasteiger charge is -2.13. The third-order valence-corrected chi connectivity index (χ3v) is 3.39. The molecule has 0 aliphatic heterocycles. The van der Waals surface area contributed by atoms with Crippen LogP contribution in [0.5, 0.6) is 11.5 Å². The molecule has 0 aliphatic carbocycles. The van der Waals surface area contributed by atoms with Crippen molar-refractivity contribution in [3.05, 3.63) is 53.1 Å². The number of carbonyl (C=O) groups is 1. The number of carbonyl (C=O) groups excluding carboxylic acids is 1. The number of ether oxygens (including phenoxy) is 2. The minimum atomic E-state index is -0.381. The zero-order valence-corrected chi connectivity index (χ0v) is 14.4. The lowest BCUT2D eigenvalue weighted by atomic mass is 10.2. The normalized spacial score (nSPS) is 10.5. The van der Waals surface area contributed by atoms with E-state index in [0.717, 1.165) is 5.56 Å². The summed E-state index contributed by atoms with van der Waals surface area (Å²) < 4.78 is 10.4. The van der Waals surface area contributed by atoms with Crippen LogP contribution in [0.25, 0.3) is 0 Å². The smallest absolute Gasteiger partial charge is 0.341 e. The van der Waals surface area contributed by atoms with Crippen LogP contribution in [0.15, 0.2) is 47.6 Å². The summed E-state index contributed by atoms with van der Waals surface area (Å²) in [5.74, 6) is 1.22. The number of rotatable bonds is 5. The molecule has 0 saturated carbocycles. The largest absolute Gasteiger partial charge is 0.493 e. The van der Waals surface area contributed by atoms with E-state index in [9.17, 15) is 4.79 Å². The second-order valence-corrected chi connectivity index (χ2v) is 5.26. The summed E-state index contributed by atoms with van der Waals surface area (Å²) in [7, 11) is 4.68. The van der Waals surface area contributed by atoms with Crippen molar-refractivity contribution < 1.29 is 14.3 Å². The van der Waals surface area contributed by atoms with Crippen LogP contribution in [0, 0.1) is 0 Å². The van der Waals surface area contributed by atoms with E-state index >= 15 is 0 Å². The summed E-state index contributed by atoms with van der Waals surface area (Å²) in [4.78, 5) is 12.1. The molecule has 0 aliphatic rings. The van der Waals surface area contributed by atoms with Gasteiger partial charge in [-0.05, 0) is 42.0 Å². The molecule has 0 radical (unpaired) electrons. The zero-order valence-electron chi connectivity index (χ0n) is 13.6. The summed E-state index contributed by atoms with van der Waals surface area (Å²) >= 11 is 5.89. The van der Waals surface area contributed by atoms with Gasteiger partial charge in [-0.25, -0.2) is 9.80 Å². The molecule has 0 atom stereocenters. The molecule has 0 heterocycles. The van der Waals surface area contributed by atoms with Crippen molar-refractivity contribution in [2.75, 3.05) is 26.6 Å². The number of urea groups is 1. The maximum Gasteiger partial charge on any atom is 0.341 e. The quantitative estimate of drug-likeness (QED) is 0.660. The van der Waals surface area contributed by atoms with Gasteiger partial charge >= 0.3 is 6.03 Å². The molecular formula is C17H18ClN3O3. The SMILES string of the molecule is COc1ccc(/C=N\N(C)C(=O)Nc2cccc(Cl)c2)cc1OC. The molecule has 0 aromatic heterocycles. The summed E-state index contributed by atoms with van der Waals surface area (Å²) in [6.45, 7) is 0. The highest BCUT2D eigenvalue weighted by Crippen LogP contribution is 2.26. The van der Waals surface area contributed by atoms with Gasteiger partial charge in [0.15, 0.2) is 11.5 Å². The van der Waals surface area contributed by atoms with Crippen LogP contribution in [-0.4, -0.2) is 38.5 Å². The highest BCUT2D eigenvalue weighted by molar-refractivity contribution is 6.30. The lowest BCUT2D eigenvalue weighted by molar-refractivity contribution is 0.224. The van der Waals surface area contributed by atoms with Gasteiger partial charge in [-0.2, -0.15) is 5.10 Å². The third-order valence-electron chi connectivity index (χ3n) is 3.16. The van der Waals surface area contributed by atoms with Gasteiger partial charge in [-0.3, -0.25) is 0 Å². The number of hydrogen-bond donors (Lipinski definition) is 1. The molecule has 0 unspecified atom stereocenters. The Kier molecular flexibility index (Phi) is 6.03. The maximum atomic E-state index is 12.1. The van der Waals surface area contributed by atoms with E-state index in [1.165, 1.54) is 5.01 Å². The molecule has 2 aromatic carbocycles. The predicted octanol–water partition coefficient (Wildman–Crippen LogP) is 3.86. The van der Waals surface area contributed by atoms with Crippen molar-refractivity contribution in [3.63, 3.8) is 0 Å². The van der Waals surface area contributed by atoms with Crippen LogP contribution in [0.3, 0.4) is 0 Å². The molecule has 24 heavy (non-hydrogen) atoms. The summed E-state index contributed by atoms with van der Waals surface area (Å²) in [5, 5.41) is 8.55. The van der Waals surface area contributed by atoms with Crippen molar-refractivity contribution in [1.29, 1.82) is 0 Å². The highest BCUT2D eigenvalue weighted by Gasteiger charge is 2.08. The monoisotopic (exact) mass is 347 g/mol. The number of halogens is 1. The van der Waals surface area contributed by atoms with Gasteiger partial charge in [0.1, 0.15) is 0 Å². The Bertz CT molecular complexity index is 750. The van der Waals surface area contributed by atoms with Gasteiger partial charge in [0.25, 0.3) is 0 Å². The van der Waals surface area contributed by atoms with Crippen LogP contribution < -0.4 is 14.8 Å². The fourth-order valence-electron chi connectivity index (χ4n) is 1.91. The lowest BCUT2D eigenvalue weighted by Crippen LogP contribution is -2.26. The van der Waals surface area contributed by atoms with Crippen molar-refractivity contribution in [1.82, 2.24) is 5.01 Å². The van der Waals surface area contributed by atoms with E-state index in [1.807, 2.05) is 6.07 Å². The van der Waals surface area contributed by atoms with Crippen LogP contribution in [0.4, 0.5) is 10.5 Å². The first-order valence-corrected chi connectivity index (χ1v) is 7.47. The minimum Gasteiger partial charge on any atom is -0.493 e. The Hall–Kier alpha value is -2.73. The van der Waals surface area contributed by atoms with Crippen LogP contribution in [0.2, 0.25) is 5.02 Å². The Labute approximate surface area is 145 Å². The first-order chi connectivity index (χ1) is 11.5. The number of nitrogens with zero attached hydrogens (tertiary/aromatic N) is 2. The summed E-state index contributed by atoms with van der Waals surface area (Å²) in [5.41, 5.74) is 1.37. The maximum absolute atomic E-state index is 12.1. The standard InChI is InChI=1S/C17H18ClN3O3/c1-21(17(22)20-14-6-4-5-13(18)10-14)19-11-12-7-8-15(23-2)16(9-12)24-3/h4-11H,1-3H3,(H,20,22)/b19-11-. The number of methoxy groups -OCH3 is 2. The average Bonchev–Trinajstić information content (AvgIpc) is 2.59. The molecule has 0 spiro atoms. The van der Waals surface area contributed by atoms with E-state index in [-0.39, 0.29) is 6.03 Å². The topological polar surface area (TPSA) is 63.2 Å². The van der Waals surface area contributed by atoms with Crippen LogP contribution in [-0.2, 0) is 0 Å². The Morgan fingerprint density at radius 2 is 1.92 bits per heavy atom. The van der Waals surface area contributed by atoms with Gasteiger partial charge in [0, 0.05) is 17.8 Å². The minimum absolute atomic E-state index is 0.381. The molecule has 2 rings (SSSR count). The molecule has 2 aromatic rings. The van der Waals surface area contributed by atoms with Gasteiger partial charge in [0.05, 0.1) is 20.4 Å². The van der Waals surface area contributed by atoms with E-state index < -0.39 is 0 Å².